The first-order valence-corrected chi connectivity index (χ1v) is 11.4. The van der Waals surface area contributed by atoms with Crippen LogP contribution in [0.25, 0.3) is 0 Å². The van der Waals surface area contributed by atoms with Crippen LogP contribution in [0.5, 0.6) is 11.5 Å². The Morgan fingerprint density at radius 3 is 2.42 bits per heavy atom. The van der Waals surface area contributed by atoms with Gasteiger partial charge in [0.25, 0.3) is 0 Å². The van der Waals surface area contributed by atoms with Gasteiger partial charge in [0.1, 0.15) is 21.7 Å². The molecule has 0 atom stereocenters. The number of carbonyl (C=O) groups excluding carboxylic acids is 1. The van der Waals surface area contributed by atoms with Crippen molar-refractivity contribution < 1.29 is 13.9 Å². The van der Waals surface area contributed by atoms with Crippen molar-refractivity contribution in [2.24, 2.45) is 0 Å². The summed E-state index contributed by atoms with van der Waals surface area (Å²) < 4.78 is 19.6. The number of hydrogen-bond acceptors (Lipinski definition) is 5. The van der Waals surface area contributed by atoms with Crippen molar-refractivity contribution in [2.75, 3.05) is 5.32 Å². The molecule has 0 aliphatic rings. The summed E-state index contributed by atoms with van der Waals surface area (Å²) in [4.78, 5) is 16.9. The number of nitrogens with zero attached hydrogens (tertiary/aromatic N) is 1. The number of ether oxygens (including phenoxy) is 1. The predicted octanol–water partition coefficient (Wildman–Crippen LogP) is 6.55. The third-order valence-electron chi connectivity index (χ3n) is 4.26. The van der Waals surface area contributed by atoms with E-state index in [4.69, 9.17) is 4.74 Å². The Hall–Kier alpha value is -3.16. The average molecular weight is 451 g/mol. The summed E-state index contributed by atoms with van der Waals surface area (Å²) in [6.45, 7) is 0. The lowest BCUT2D eigenvalue weighted by molar-refractivity contribution is -0.115. The average Bonchev–Trinajstić information content (AvgIpc) is 3.22. The Morgan fingerprint density at radius 2 is 1.68 bits per heavy atom. The SMILES string of the molecule is O=C(Cc1csc(SCc2ccc(F)cc2)n1)Nc1ccc(Oc2ccccc2)cc1. The maximum absolute atomic E-state index is 13.0. The lowest BCUT2D eigenvalue weighted by Gasteiger charge is -2.07. The van der Waals surface area contributed by atoms with Gasteiger partial charge < -0.3 is 10.1 Å². The monoisotopic (exact) mass is 450 g/mol. The van der Waals surface area contributed by atoms with Crippen molar-refractivity contribution >= 4 is 34.7 Å². The molecule has 0 fully saturated rings. The number of para-hydroxylation sites is 1. The molecule has 0 spiro atoms. The number of thioether (sulfide) groups is 1. The van der Waals surface area contributed by atoms with Gasteiger partial charge in [-0.2, -0.15) is 0 Å². The molecule has 0 aliphatic carbocycles. The Bertz CT molecular complexity index is 1130. The van der Waals surface area contributed by atoms with Gasteiger partial charge in [-0.05, 0) is 54.1 Å². The van der Waals surface area contributed by atoms with Crippen LogP contribution in [-0.4, -0.2) is 10.9 Å². The van der Waals surface area contributed by atoms with E-state index in [-0.39, 0.29) is 18.1 Å². The van der Waals surface area contributed by atoms with Crippen molar-refractivity contribution in [3.63, 3.8) is 0 Å². The summed E-state index contributed by atoms with van der Waals surface area (Å²) in [5.74, 6) is 1.80. The van der Waals surface area contributed by atoms with Gasteiger partial charge in [-0.15, -0.1) is 11.3 Å². The van der Waals surface area contributed by atoms with E-state index in [2.05, 4.69) is 10.3 Å². The molecule has 0 unspecified atom stereocenters. The number of rotatable bonds is 8. The number of aromatic nitrogens is 1. The highest BCUT2D eigenvalue weighted by atomic mass is 32.2. The highest BCUT2D eigenvalue weighted by Crippen LogP contribution is 2.27. The number of thiazole rings is 1. The number of benzene rings is 3. The molecule has 0 aliphatic heterocycles. The van der Waals surface area contributed by atoms with Gasteiger partial charge in [-0.3, -0.25) is 4.79 Å². The van der Waals surface area contributed by atoms with Crippen LogP contribution in [0.4, 0.5) is 10.1 Å². The van der Waals surface area contributed by atoms with Crippen molar-refractivity contribution in [3.8, 4) is 11.5 Å². The minimum atomic E-state index is -0.241. The molecular formula is C24H19FN2O2S2. The number of hydrogen-bond donors (Lipinski definition) is 1. The third kappa shape index (κ3) is 6.41. The molecule has 3 aromatic carbocycles. The number of nitrogens with one attached hydrogen (secondary N) is 1. The molecule has 4 aromatic rings. The fourth-order valence-electron chi connectivity index (χ4n) is 2.76. The Morgan fingerprint density at radius 1 is 0.968 bits per heavy atom. The van der Waals surface area contributed by atoms with Crippen molar-refractivity contribution in [2.45, 2.75) is 16.5 Å². The second-order valence-corrected chi connectivity index (χ2v) is 8.76. The molecular weight excluding hydrogens is 431 g/mol. The van der Waals surface area contributed by atoms with Crippen LogP contribution in [-0.2, 0) is 17.0 Å². The zero-order valence-electron chi connectivity index (χ0n) is 16.5. The van der Waals surface area contributed by atoms with E-state index in [1.54, 1.807) is 36.0 Å². The second kappa shape index (κ2) is 10.2. The van der Waals surface area contributed by atoms with Gasteiger partial charge in [-0.1, -0.05) is 42.1 Å². The molecule has 1 N–H and O–H groups in total. The fourth-order valence-corrected chi connectivity index (χ4v) is 4.56. The fraction of sp³-hybridized carbons (Fsp3) is 0.0833. The molecule has 156 valence electrons. The van der Waals surface area contributed by atoms with Crippen LogP contribution in [0.3, 0.4) is 0 Å². The molecule has 1 amide bonds. The molecule has 31 heavy (non-hydrogen) atoms. The van der Waals surface area contributed by atoms with Crippen LogP contribution in [0.15, 0.2) is 88.6 Å². The molecule has 1 aromatic heterocycles. The number of amides is 1. The molecule has 0 bridgehead atoms. The summed E-state index contributed by atoms with van der Waals surface area (Å²) in [6.07, 6.45) is 0.204. The predicted molar refractivity (Wildman–Crippen MR) is 123 cm³/mol. The minimum absolute atomic E-state index is 0.128. The van der Waals surface area contributed by atoms with Crippen molar-refractivity contribution in [1.29, 1.82) is 0 Å². The van der Waals surface area contributed by atoms with Gasteiger partial charge in [0.2, 0.25) is 5.91 Å². The number of anilines is 1. The largest absolute Gasteiger partial charge is 0.457 e. The molecule has 4 rings (SSSR count). The first-order valence-electron chi connectivity index (χ1n) is 9.58. The van der Waals surface area contributed by atoms with Gasteiger partial charge >= 0.3 is 0 Å². The van der Waals surface area contributed by atoms with Gasteiger partial charge in [0.15, 0.2) is 0 Å². The van der Waals surface area contributed by atoms with E-state index in [0.717, 1.165) is 21.3 Å². The molecule has 1 heterocycles. The van der Waals surface area contributed by atoms with E-state index < -0.39 is 0 Å². The van der Waals surface area contributed by atoms with Gasteiger partial charge in [-0.25, -0.2) is 9.37 Å². The summed E-state index contributed by atoms with van der Waals surface area (Å²) in [7, 11) is 0. The van der Waals surface area contributed by atoms with Crippen LogP contribution >= 0.6 is 23.1 Å². The standard InChI is InChI=1S/C24H19FN2O2S2/c25-18-8-6-17(7-9-18)15-30-24-27-20(16-31-24)14-23(28)26-19-10-12-22(13-11-19)29-21-4-2-1-3-5-21/h1-13,16H,14-15H2,(H,26,28). The lowest BCUT2D eigenvalue weighted by atomic mass is 10.2. The molecule has 4 nitrogen and oxygen atoms in total. The first kappa shape index (κ1) is 21.1. The summed E-state index contributed by atoms with van der Waals surface area (Å²) in [5.41, 5.74) is 2.46. The van der Waals surface area contributed by atoms with Crippen LogP contribution < -0.4 is 10.1 Å². The smallest absolute Gasteiger partial charge is 0.230 e. The second-order valence-electron chi connectivity index (χ2n) is 6.68. The Kier molecular flexibility index (Phi) is 6.96. The normalized spacial score (nSPS) is 10.6. The van der Waals surface area contributed by atoms with Crippen LogP contribution in [0.1, 0.15) is 11.3 Å². The summed E-state index contributed by atoms with van der Waals surface area (Å²) in [6, 6.07) is 23.2. The number of carbonyl (C=O) groups is 1. The Balaban J connectivity index is 1.26. The van der Waals surface area contributed by atoms with Crippen molar-refractivity contribution in [1.82, 2.24) is 4.98 Å². The molecule has 0 saturated carbocycles. The lowest BCUT2D eigenvalue weighted by Crippen LogP contribution is -2.14. The molecule has 7 heteroatoms. The zero-order valence-corrected chi connectivity index (χ0v) is 18.1. The zero-order chi connectivity index (χ0) is 21.5. The van der Waals surface area contributed by atoms with Crippen LogP contribution in [0.2, 0.25) is 0 Å². The van der Waals surface area contributed by atoms with E-state index >= 15 is 0 Å². The summed E-state index contributed by atoms with van der Waals surface area (Å²) in [5, 5.41) is 4.77. The maximum atomic E-state index is 13.0. The minimum Gasteiger partial charge on any atom is -0.457 e. The third-order valence-corrected chi connectivity index (χ3v) is 6.41. The van der Waals surface area contributed by atoms with Crippen molar-refractivity contribution in [3.05, 3.63) is 101 Å². The highest BCUT2D eigenvalue weighted by Gasteiger charge is 2.09. The van der Waals surface area contributed by atoms with E-state index in [0.29, 0.717) is 17.2 Å². The van der Waals surface area contributed by atoms with Gasteiger partial charge in [0, 0.05) is 16.8 Å². The quantitative estimate of drug-likeness (QED) is 0.309. The van der Waals surface area contributed by atoms with E-state index in [1.165, 1.54) is 23.5 Å². The van der Waals surface area contributed by atoms with E-state index in [1.807, 2.05) is 47.8 Å². The Labute approximate surface area is 188 Å². The number of halogens is 1. The maximum Gasteiger partial charge on any atom is 0.230 e. The highest BCUT2D eigenvalue weighted by molar-refractivity contribution is 8.00. The topological polar surface area (TPSA) is 51.2 Å². The molecule has 0 saturated heterocycles. The van der Waals surface area contributed by atoms with Gasteiger partial charge in [0.05, 0.1) is 12.1 Å². The van der Waals surface area contributed by atoms with Crippen LogP contribution in [0, 0.1) is 5.82 Å². The summed E-state index contributed by atoms with van der Waals surface area (Å²) >= 11 is 3.08. The molecule has 0 radical (unpaired) electrons. The first-order chi connectivity index (χ1) is 15.1. The van der Waals surface area contributed by atoms with E-state index in [9.17, 15) is 9.18 Å².